The first-order chi connectivity index (χ1) is 4.92. The van der Waals surface area contributed by atoms with Crippen LogP contribution in [0.2, 0.25) is 0 Å². The third kappa shape index (κ3) is 2.50. The minimum Gasteiger partial charge on any atom is -0.465 e. The van der Waals surface area contributed by atoms with Crippen LogP contribution in [0.15, 0.2) is 0 Å². The third-order valence-electron chi connectivity index (χ3n) is 1.28. The van der Waals surface area contributed by atoms with Gasteiger partial charge in [0, 0.05) is 0 Å². The van der Waals surface area contributed by atoms with Crippen LogP contribution in [0.25, 0.3) is 0 Å². The Morgan fingerprint density at radius 2 is 1.91 bits per heavy atom. The molecule has 4 heteroatoms. The van der Waals surface area contributed by atoms with Crippen LogP contribution in [0.4, 0.5) is 0 Å². The van der Waals surface area contributed by atoms with Crippen molar-refractivity contribution in [2.24, 2.45) is 5.41 Å². The number of ether oxygens (including phenoxy) is 1. The van der Waals surface area contributed by atoms with Gasteiger partial charge in [-0.2, -0.15) is 0 Å². The lowest BCUT2D eigenvalue weighted by Gasteiger charge is -2.16. The molecule has 0 heterocycles. The van der Waals surface area contributed by atoms with E-state index in [0.717, 1.165) is 0 Å². The molecule has 0 bridgehead atoms. The molecule has 0 unspecified atom stereocenters. The van der Waals surface area contributed by atoms with Crippen LogP contribution in [0, 0.1) is 5.41 Å². The average molecular weight is 179 g/mol. The van der Waals surface area contributed by atoms with E-state index in [-0.39, 0.29) is 6.61 Å². The van der Waals surface area contributed by atoms with Crippen molar-refractivity contribution in [1.82, 2.24) is 0 Å². The molecule has 0 rings (SSSR count). The molecule has 64 valence electrons. The van der Waals surface area contributed by atoms with E-state index in [4.69, 9.17) is 11.6 Å². The van der Waals surface area contributed by atoms with Gasteiger partial charge in [-0.05, 0) is 32.4 Å². The van der Waals surface area contributed by atoms with Crippen molar-refractivity contribution in [2.75, 3.05) is 6.61 Å². The van der Waals surface area contributed by atoms with E-state index in [1.54, 1.807) is 6.92 Å². The molecule has 0 fully saturated rings. The molecule has 0 amide bonds. The minimum absolute atomic E-state index is 0.256. The molecule has 11 heavy (non-hydrogen) atoms. The minimum atomic E-state index is -1.22. The Labute approximate surface area is 70.7 Å². The summed E-state index contributed by atoms with van der Waals surface area (Å²) in [4.78, 5) is 21.6. The van der Waals surface area contributed by atoms with Gasteiger partial charge in [0.25, 0.3) is 0 Å². The van der Waals surface area contributed by atoms with Crippen molar-refractivity contribution < 1.29 is 14.3 Å². The molecular formula is C7H11ClO3. The van der Waals surface area contributed by atoms with Gasteiger partial charge in [0.15, 0.2) is 0 Å². The van der Waals surface area contributed by atoms with Crippen molar-refractivity contribution in [3.05, 3.63) is 0 Å². The van der Waals surface area contributed by atoms with Gasteiger partial charge in [-0.3, -0.25) is 9.59 Å². The molecule has 0 aromatic rings. The first-order valence-electron chi connectivity index (χ1n) is 3.30. The number of esters is 1. The highest BCUT2D eigenvalue weighted by atomic mass is 35.5. The van der Waals surface area contributed by atoms with Crippen molar-refractivity contribution in [1.29, 1.82) is 0 Å². The molecule has 0 N–H and O–H groups in total. The van der Waals surface area contributed by atoms with E-state index in [9.17, 15) is 9.59 Å². The summed E-state index contributed by atoms with van der Waals surface area (Å²) in [5.74, 6) is -0.583. The number of halogens is 1. The second-order valence-electron chi connectivity index (χ2n) is 2.62. The fraction of sp³-hybridized carbons (Fsp3) is 0.714. The zero-order chi connectivity index (χ0) is 9.07. The zero-order valence-electron chi connectivity index (χ0n) is 6.81. The number of carbonyl (C=O) groups excluding carboxylic acids is 2. The van der Waals surface area contributed by atoms with Gasteiger partial charge >= 0.3 is 5.97 Å². The number of rotatable bonds is 3. The van der Waals surface area contributed by atoms with Gasteiger partial charge in [-0.15, -0.1) is 0 Å². The Bertz CT molecular complexity index is 175. The van der Waals surface area contributed by atoms with Gasteiger partial charge in [-0.1, -0.05) is 0 Å². The van der Waals surface area contributed by atoms with Gasteiger partial charge in [0.1, 0.15) is 5.41 Å². The Kier molecular flexibility index (Phi) is 3.52. The molecule has 0 aliphatic rings. The maximum Gasteiger partial charge on any atom is 0.320 e. The monoisotopic (exact) mass is 178 g/mol. The van der Waals surface area contributed by atoms with Crippen LogP contribution in [-0.2, 0) is 14.3 Å². The van der Waals surface area contributed by atoms with Crippen LogP contribution in [0.3, 0.4) is 0 Å². The maximum atomic E-state index is 11.0. The zero-order valence-corrected chi connectivity index (χ0v) is 7.57. The van der Waals surface area contributed by atoms with E-state index in [1.165, 1.54) is 13.8 Å². The fourth-order valence-corrected chi connectivity index (χ4v) is 0.469. The molecular weight excluding hydrogens is 168 g/mol. The molecule has 0 aliphatic carbocycles. The van der Waals surface area contributed by atoms with Crippen LogP contribution in [-0.4, -0.2) is 17.8 Å². The summed E-state index contributed by atoms with van der Waals surface area (Å²) in [5, 5.41) is -0.698. The molecule has 3 nitrogen and oxygen atoms in total. The third-order valence-corrected chi connectivity index (χ3v) is 1.75. The normalized spacial score (nSPS) is 10.9. The highest BCUT2D eigenvalue weighted by Gasteiger charge is 2.36. The van der Waals surface area contributed by atoms with E-state index < -0.39 is 16.6 Å². The van der Waals surface area contributed by atoms with Gasteiger partial charge in [0.2, 0.25) is 5.24 Å². The molecule has 0 aliphatic heterocycles. The van der Waals surface area contributed by atoms with Crippen molar-refractivity contribution in [3.8, 4) is 0 Å². The number of hydrogen-bond donors (Lipinski definition) is 0. The molecule has 0 atom stereocenters. The van der Waals surface area contributed by atoms with E-state index in [1.807, 2.05) is 0 Å². The van der Waals surface area contributed by atoms with E-state index >= 15 is 0 Å². The summed E-state index contributed by atoms with van der Waals surface area (Å²) in [6.07, 6.45) is 0. The highest BCUT2D eigenvalue weighted by molar-refractivity contribution is 6.66. The lowest BCUT2D eigenvalue weighted by atomic mass is 9.96. The van der Waals surface area contributed by atoms with Gasteiger partial charge in [0.05, 0.1) is 6.61 Å². The van der Waals surface area contributed by atoms with E-state index in [0.29, 0.717) is 0 Å². The summed E-state index contributed by atoms with van der Waals surface area (Å²) in [5.41, 5.74) is -1.22. The summed E-state index contributed by atoms with van der Waals surface area (Å²) < 4.78 is 4.62. The Hall–Kier alpha value is -0.570. The van der Waals surface area contributed by atoms with Crippen LogP contribution >= 0.6 is 11.6 Å². The van der Waals surface area contributed by atoms with Gasteiger partial charge < -0.3 is 4.74 Å². The SMILES string of the molecule is CCOC(=O)C(C)(C)C(=O)Cl. The molecule has 0 aromatic heterocycles. The molecule has 0 aromatic carbocycles. The average Bonchev–Trinajstić information content (AvgIpc) is 1.88. The number of carbonyl (C=O) groups is 2. The fourth-order valence-electron chi connectivity index (χ4n) is 0.392. The Balaban J connectivity index is 4.30. The number of hydrogen-bond acceptors (Lipinski definition) is 3. The van der Waals surface area contributed by atoms with Crippen LogP contribution in [0.1, 0.15) is 20.8 Å². The lowest BCUT2D eigenvalue weighted by molar-refractivity contribution is -0.155. The summed E-state index contributed by atoms with van der Waals surface area (Å²) in [6, 6.07) is 0. The summed E-state index contributed by atoms with van der Waals surface area (Å²) in [7, 11) is 0. The Morgan fingerprint density at radius 1 is 1.45 bits per heavy atom. The van der Waals surface area contributed by atoms with Crippen LogP contribution < -0.4 is 0 Å². The smallest absolute Gasteiger partial charge is 0.320 e. The lowest BCUT2D eigenvalue weighted by Crippen LogP contribution is -2.32. The van der Waals surface area contributed by atoms with Crippen LogP contribution in [0.5, 0.6) is 0 Å². The van der Waals surface area contributed by atoms with Gasteiger partial charge in [-0.25, -0.2) is 0 Å². The molecule has 0 radical (unpaired) electrons. The second kappa shape index (κ2) is 3.72. The van der Waals surface area contributed by atoms with Crippen molar-refractivity contribution >= 4 is 22.8 Å². The maximum absolute atomic E-state index is 11.0. The predicted octanol–water partition coefficient (Wildman–Crippen LogP) is 1.34. The van der Waals surface area contributed by atoms with E-state index in [2.05, 4.69) is 4.74 Å². The summed E-state index contributed by atoms with van der Waals surface area (Å²) >= 11 is 5.16. The topological polar surface area (TPSA) is 43.4 Å². The quantitative estimate of drug-likeness (QED) is 0.372. The highest BCUT2D eigenvalue weighted by Crippen LogP contribution is 2.20. The standard InChI is InChI=1S/C7H11ClO3/c1-4-11-6(10)7(2,3)5(8)9/h4H2,1-3H3. The van der Waals surface area contributed by atoms with Crippen molar-refractivity contribution in [3.63, 3.8) is 0 Å². The van der Waals surface area contributed by atoms with Crippen molar-refractivity contribution in [2.45, 2.75) is 20.8 Å². The second-order valence-corrected chi connectivity index (χ2v) is 2.96. The molecule has 0 saturated heterocycles. The predicted molar refractivity (Wildman–Crippen MR) is 41.3 cm³/mol. The molecule has 0 spiro atoms. The first-order valence-corrected chi connectivity index (χ1v) is 3.68. The summed E-state index contributed by atoms with van der Waals surface area (Å²) in [6.45, 7) is 4.79. The largest absolute Gasteiger partial charge is 0.465 e. The first kappa shape index (κ1) is 10.4. The Morgan fingerprint density at radius 3 is 2.18 bits per heavy atom. The molecule has 0 saturated carbocycles.